The van der Waals surface area contributed by atoms with Crippen molar-refractivity contribution < 1.29 is 134 Å². The Bertz CT molecular complexity index is 882. The molecule has 0 fully saturated rings. The van der Waals surface area contributed by atoms with Gasteiger partial charge in [-0.25, -0.2) is 16.8 Å². The summed E-state index contributed by atoms with van der Waals surface area (Å²) in [5.41, 5.74) is 5.69. The predicted molar refractivity (Wildman–Crippen MR) is 67.9 cm³/mol. The van der Waals surface area contributed by atoms with Gasteiger partial charge in [0.15, 0.2) is 0 Å². The van der Waals surface area contributed by atoms with Gasteiger partial charge in [-0.3, -0.25) is 0 Å². The van der Waals surface area contributed by atoms with Crippen molar-refractivity contribution in [1.82, 2.24) is 0 Å². The quantitative estimate of drug-likeness (QED) is 0.298. The molecule has 0 saturated heterocycles. The smallest absolute Gasteiger partial charge is 0.744 e. The molecule has 0 aliphatic rings. The maximum Gasteiger partial charge on any atom is 1.00 e. The molecule has 2 aromatic rings. The van der Waals surface area contributed by atoms with Crippen molar-refractivity contribution in [2.24, 2.45) is 0 Å². The fourth-order valence-corrected chi connectivity index (χ4v) is 2.99. The standard InChI is InChI=1S/C10H9NO6S2.2K.H2O/c11-7-2-1-6-3-8(18(12,13)14)5-10(9(6)4-7)19(15,16)17;;;/h1-5H,11H2,(H,12,13,14)(H,15,16,17);;;1H2/q;2*+1;/p-2. The molecule has 110 valence electrons. The monoisotopic (exact) mass is 397 g/mol. The number of nitrogen functional groups attached to an aromatic ring is 1. The summed E-state index contributed by atoms with van der Waals surface area (Å²) >= 11 is 0. The van der Waals surface area contributed by atoms with Gasteiger partial charge in [0.25, 0.3) is 0 Å². The van der Waals surface area contributed by atoms with E-state index < -0.39 is 30.0 Å². The van der Waals surface area contributed by atoms with E-state index in [1.165, 1.54) is 18.2 Å². The second-order valence-corrected chi connectivity index (χ2v) is 6.54. The van der Waals surface area contributed by atoms with Gasteiger partial charge in [0, 0.05) is 11.1 Å². The van der Waals surface area contributed by atoms with Crippen molar-refractivity contribution in [2.45, 2.75) is 9.79 Å². The minimum absolute atomic E-state index is 0. The van der Waals surface area contributed by atoms with Gasteiger partial charge in [-0.15, -0.1) is 0 Å². The summed E-state index contributed by atoms with van der Waals surface area (Å²) in [6, 6.07) is 5.48. The summed E-state index contributed by atoms with van der Waals surface area (Å²) in [6.07, 6.45) is 0. The third kappa shape index (κ3) is 6.13. The van der Waals surface area contributed by atoms with E-state index in [0.29, 0.717) is 6.07 Å². The zero-order chi connectivity index (χ0) is 14.4. The Kier molecular flexibility index (Phi) is 10.9. The van der Waals surface area contributed by atoms with Gasteiger partial charge < -0.3 is 20.3 Å². The second-order valence-electron chi connectivity index (χ2n) is 3.81. The van der Waals surface area contributed by atoms with Gasteiger partial charge >= 0.3 is 103 Å². The maximum atomic E-state index is 11.1. The van der Waals surface area contributed by atoms with E-state index in [2.05, 4.69) is 0 Å². The molecular weight excluding hydrogens is 388 g/mol. The van der Waals surface area contributed by atoms with Crippen LogP contribution in [-0.4, -0.2) is 31.4 Å². The molecule has 0 radical (unpaired) electrons. The van der Waals surface area contributed by atoms with Crippen LogP contribution in [0.25, 0.3) is 10.8 Å². The predicted octanol–water partition coefficient (Wildman–Crippen LogP) is -6.59. The zero-order valence-corrected chi connectivity index (χ0v) is 19.6. The van der Waals surface area contributed by atoms with Crippen LogP contribution in [0.3, 0.4) is 0 Å². The Balaban J connectivity index is 0. The number of fused-ring (bicyclic) bond motifs is 1. The molecule has 0 amide bonds. The van der Waals surface area contributed by atoms with Crippen LogP contribution in [0.4, 0.5) is 5.69 Å². The summed E-state index contributed by atoms with van der Waals surface area (Å²) in [6.45, 7) is 0. The van der Waals surface area contributed by atoms with Gasteiger partial charge in [0.05, 0.1) is 9.79 Å². The van der Waals surface area contributed by atoms with Crippen molar-refractivity contribution in [2.75, 3.05) is 5.73 Å². The molecule has 0 heterocycles. The van der Waals surface area contributed by atoms with Crippen LogP contribution >= 0.6 is 0 Å². The Morgan fingerprint density at radius 3 is 1.86 bits per heavy atom. The van der Waals surface area contributed by atoms with Crippen LogP contribution < -0.4 is 109 Å². The molecule has 0 saturated carbocycles. The van der Waals surface area contributed by atoms with Crippen LogP contribution in [0.1, 0.15) is 0 Å². The molecule has 0 spiro atoms. The van der Waals surface area contributed by atoms with E-state index in [-0.39, 0.29) is 125 Å². The molecule has 12 heteroatoms. The average molecular weight is 398 g/mol. The van der Waals surface area contributed by atoms with Gasteiger partial charge in [0.1, 0.15) is 20.2 Å². The number of rotatable bonds is 2. The molecule has 8 nitrogen and oxygen atoms in total. The fourth-order valence-electron chi connectivity index (χ4n) is 1.67. The first-order valence-electron chi connectivity index (χ1n) is 4.84. The molecule has 2 rings (SSSR count). The molecule has 4 N–H and O–H groups in total. The van der Waals surface area contributed by atoms with Gasteiger partial charge in [-0.05, 0) is 29.7 Å². The van der Waals surface area contributed by atoms with Gasteiger partial charge in [0.2, 0.25) is 0 Å². The Morgan fingerprint density at radius 1 is 0.864 bits per heavy atom. The van der Waals surface area contributed by atoms with Crippen molar-refractivity contribution in [3.8, 4) is 0 Å². The summed E-state index contributed by atoms with van der Waals surface area (Å²) < 4.78 is 66.3. The Morgan fingerprint density at radius 2 is 1.41 bits per heavy atom. The van der Waals surface area contributed by atoms with Crippen molar-refractivity contribution in [3.05, 3.63) is 30.3 Å². The summed E-state index contributed by atoms with van der Waals surface area (Å²) in [4.78, 5) is -1.56. The minimum Gasteiger partial charge on any atom is -0.744 e. The number of anilines is 1. The fraction of sp³-hybridized carbons (Fsp3) is 0. The minimum atomic E-state index is -4.94. The maximum absolute atomic E-state index is 11.1. The number of hydrogen-bond donors (Lipinski definition) is 1. The molecular formula is C10H9K2NO7S2. The van der Waals surface area contributed by atoms with E-state index in [9.17, 15) is 25.9 Å². The number of hydrogen-bond acceptors (Lipinski definition) is 7. The Hall–Kier alpha value is 1.55. The third-order valence-corrected chi connectivity index (χ3v) is 4.16. The molecule has 0 unspecified atom stereocenters. The normalized spacial score (nSPS) is 11.0. The van der Waals surface area contributed by atoms with E-state index in [0.717, 1.165) is 6.07 Å². The molecule has 0 aliphatic heterocycles. The molecule has 2 aromatic carbocycles. The molecule has 0 aliphatic carbocycles. The van der Waals surface area contributed by atoms with Gasteiger partial charge in [-0.2, -0.15) is 0 Å². The number of nitrogens with two attached hydrogens (primary N) is 1. The van der Waals surface area contributed by atoms with Crippen LogP contribution in [0.2, 0.25) is 0 Å². The van der Waals surface area contributed by atoms with Crippen LogP contribution in [0.15, 0.2) is 40.1 Å². The first-order valence-corrected chi connectivity index (χ1v) is 7.66. The van der Waals surface area contributed by atoms with Crippen LogP contribution in [0.5, 0.6) is 0 Å². The van der Waals surface area contributed by atoms with E-state index in [1.807, 2.05) is 0 Å². The molecule has 0 bridgehead atoms. The average Bonchev–Trinajstić information content (AvgIpc) is 2.24. The molecule has 0 atom stereocenters. The van der Waals surface area contributed by atoms with Crippen molar-refractivity contribution >= 4 is 36.7 Å². The molecule has 22 heavy (non-hydrogen) atoms. The summed E-state index contributed by atoms with van der Waals surface area (Å²) in [7, 11) is -9.81. The third-order valence-electron chi connectivity index (χ3n) is 2.47. The van der Waals surface area contributed by atoms with E-state index >= 15 is 0 Å². The number of benzene rings is 2. The molecule has 0 aromatic heterocycles. The van der Waals surface area contributed by atoms with Crippen molar-refractivity contribution in [3.63, 3.8) is 0 Å². The van der Waals surface area contributed by atoms with Gasteiger partial charge in [-0.1, -0.05) is 6.07 Å². The van der Waals surface area contributed by atoms with Crippen LogP contribution in [0, 0.1) is 0 Å². The first-order chi connectivity index (χ1) is 8.59. The van der Waals surface area contributed by atoms with E-state index in [1.54, 1.807) is 0 Å². The summed E-state index contributed by atoms with van der Waals surface area (Å²) in [5.74, 6) is 0. The second kappa shape index (κ2) is 9.31. The Labute approximate surface area is 212 Å². The van der Waals surface area contributed by atoms with Crippen LogP contribution in [-0.2, 0) is 20.2 Å². The zero-order valence-electron chi connectivity index (χ0n) is 11.7. The van der Waals surface area contributed by atoms with Crippen molar-refractivity contribution in [1.29, 1.82) is 0 Å². The largest absolute Gasteiger partial charge is 1.00 e. The SMILES string of the molecule is Nc1ccc2cc(S(=O)(=O)[O-])cc(S(=O)(=O)[O-])c2c1.O.[K+].[K+]. The summed E-state index contributed by atoms with van der Waals surface area (Å²) in [5, 5.41) is 0.1000. The first kappa shape index (κ1) is 25.8. The van der Waals surface area contributed by atoms with E-state index in [4.69, 9.17) is 5.73 Å². The topological polar surface area (TPSA) is 172 Å².